The first-order valence-electron chi connectivity index (χ1n) is 7.26. The van der Waals surface area contributed by atoms with Gasteiger partial charge in [-0.3, -0.25) is 0 Å². The number of aliphatic hydroxyl groups excluding tert-OH is 1. The maximum Gasteiger partial charge on any atom is 0.266 e. The molecule has 0 saturated heterocycles. The molecule has 0 spiro atoms. The number of ether oxygens (including phenoxy) is 1. The summed E-state index contributed by atoms with van der Waals surface area (Å²) in [6, 6.07) is 16.8. The minimum atomic E-state index is -0.678. The molecule has 4 nitrogen and oxygen atoms in total. The summed E-state index contributed by atoms with van der Waals surface area (Å²) in [5.74, 6) is 0.505. The van der Waals surface area contributed by atoms with Crippen LogP contribution in [0.15, 0.2) is 60.8 Å². The lowest BCUT2D eigenvalue weighted by atomic mass is 10.0. The molecule has 3 aromatic rings. The van der Waals surface area contributed by atoms with Gasteiger partial charge in [0.15, 0.2) is 11.9 Å². The third kappa shape index (κ3) is 3.30. The van der Waals surface area contributed by atoms with Crippen LogP contribution in [-0.2, 0) is 6.61 Å². The highest BCUT2D eigenvalue weighted by atomic mass is 79.9. The predicted molar refractivity (Wildman–Crippen MR) is 92.4 cm³/mol. The van der Waals surface area contributed by atoms with Crippen LogP contribution in [0.2, 0.25) is 0 Å². The number of nitrogens with zero attached hydrogens (tertiary/aromatic N) is 1. The van der Waals surface area contributed by atoms with E-state index < -0.39 is 6.10 Å². The quantitative estimate of drug-likeness (QED) is 0.423. The van der Waals surface area contributed by atoms with Gasteiger partial charge in [-0.05, 0) is 23.3 Å². The summed E-state index contributed by atoms with van der Waals surface area (Å²) in [6.45, 7) is 0.380. The first kappa shape index (κ1) is 15.8. The first-order valence-corrected chi connectivity index (χ1v) is 8.38. The maximum atomic E-state index is 12.2. The Bertz CT molecular complexity index is 808. The van der Waals surface area contributed by atoms with Gasteiger partial charge >= 0.3 is 0 Å². The van der Waals surface area contributed by atoms with Gasteiger partial charge in [0.05, 0.1) is 11.5 Å². The summed E-state index contributed by atoms with van der Waals surface area (Å²) in [5, 5.41) is 23.4. The molecule has 5 heteroatoms. The average Bonchev–Trinajstić information content (AvgIpc) is 2.60. The Hall–Kier alpha value is -2.11. The molecular weight excluding hydrogens is 358 g/mol. The number of aliphatic hydroxyl groups is 1. The smallest absolute Gasteiger partial charge is 0.266 e. The van der Waals surface area contributed by atoms with Crippen molar-refractivity contribution in [3.05, 3.63) is 77.1 Å². The normalized spacial score (nSPS) is 12.3. The third-order valence-electron chi connectivity index (χ3n) is 3.66. The zero-order chi connectivity index (χ0) is 16.2. The minimum Gasteiger partial charge on any atom is -0.618 e. The molecule has 0 amide bonds. The molecule has 1 atom stereocenters. The van der Waals surface area contributed by atoms with E-state index in [-0.39, 0.29) is 0 Å². The number of halogens is 1. The lowest BCUT2D eigenvalue weighted by Gasteiger charge is -2.14. The summed E-state index contributed by atoms with van der Waals surface area (Å²) in [7, 11) is 0. The van der Waals surface area contributed by atoms with Crippen LogP contribution in [0.25, 0.3) is 10.9 Å². The number of alkyl halides is 1. The molecule has 0 aliphatic heterocycles. The van der Waals surface area contributed by atoms with Crippen LogP contribution in [0.5, 0.6) is 5.75 Å². The van der Waals surface area contributed by atoms with Gasteiger partial charge in [0.25, 0.3) is 5.52 Å². The Morgan fingerprint density at radius 1 is 1.09 bits per heavy atom. The van der Waals surface area contributed by atoms with Gasteiger partial charge in [-0.25, -0.2) is 0 Å². The van der Waals surface area contributed by atoms with Crippen LogP contribution in [-0.4, -0.2) is 10.4 Å². The van der Waals surface area contributed by atoms with Crippen LogP contribution in [0.3, 0.4) is 0 Å². The molecule has 0 unspecified atom stereocenters. The second-order valence-electron chi connectivity index (χ2n) is 5.19. The van der Waals surface area contributed by atoms with Gasteiger partial charge in [0.2, 0.25) is 0 Å². The van der Waals surface area contributed by atoms with E-state index in [4.69, 9.17) is 4.74 Å². The van der Waals surface area contributed by atoms with Gasteiger partial charge in [-0.2, -0.15) is 4.73 Å². The zero-order valence-corrected chi connectivity index (χ0v) is 13.9. The number of benzene rings is 2. The molecule has 0 bridgehead atoms. The third-order valence-corrected chi connectivity index (χ3v) is 4.27. The molecule has 2 aromatic carbocycles. The Morgan fingerprint density at radius 2 is 1.87 bits per heavy atom. The monoisotopic (exact) mass is 373 g/mol. The fourth-order valence-electron chi connectivity index (χ4n) is 2.52. The lowest BCUT2D eigenvalue weighted by Crippen LogP contribution is -2.27. The molecular formula is C18H16BrNO3. The summed E-state index contributed by atoms with van der Waals surface area (Å²) in [5.41, 5.74) is 2.16. The second kappa shape index (κ2) is 6.98. The van der Waals surface area contributed by atoms with Gasteiger partial charge in [-0.15, -0.1) is 0 Å². The highest BCUT2D eigenvalue weighted by molar-refractivity contribution is 9.09. The van der Waals surface area contributed by atoms with Crippen LogP contribution in [0, 0.1) is 5.21 Å². The van der Waals surface area contributed by atoms with Crippen molar-refractivity contribution < 1.29 is 14.6 Å². The molecule has 0 saturated carbocycles. The molecule has 3 rings (SSSR count). The fraction of sp³-hybridized carbons (Fsp3) is 0.167. The average molecular weight is 374 g/mol. The number of aromatic nitrogens is 1. The van der Waals surface area contributed by atoms with Crippen LogP contribution in [0.4, 0.5) is 0 Å². The predicted octanol–water partition coefficient (Wildman–Crippen LogP) is 3.48. The summed E-state index contributed by atoms with van der Waals surface area (Å²) in [6.07, 6.45) is 0.755. The van der Waals surface area contributed by atoms with Crippen molar-refractivity contribution in [1.82, 2.24) is 0 Å². The molecule has 0 aliphatic rings. The van der Waals surface area contributed by atoms with Gasteiger partial charge in [0, 0.05) is 11.4 Å². The highest BCUT2D eigenvalue weighted by Gasteiger charge is 2.18. The van der Waals surface area contributed by atoms with Gasteiger partial charge < -0.3 is 15.1 Å². The summed E-state index contributed by atoms with van der Waals surface area (Å²) in [4.78, 5) is 0. The van der Waals surface area contributed by atoms with Crippen molar-refractivity contribution in [2.75, 3.05) is 5.33 Å². The molecule has 23 heavy (non-hydrogen) atoms. The summed E-state index contributed by atoms with van der Waals surface area (Å²) >= 11 is 3.27. The largest absolute Gasteiger partial charge is 0.618 e. The van der Waals surface area contributed by atoms with Crippen molar-refractivity contribution >= 4 is 26.8 Å². The zero-order valence-electron chi connectivity index (χ0n) is 12.4. The molecule has 118 valence electrons. The molecule has 0 radical (unpaired) electrons. The minimum absolute atomic E-state index is 0.380. The van der Waals surface area contributed by atoms with Crippen molar-refractivity contribution in [1.29, 1.82) is 0 Å². The molecule has 1 heterocycles. The Labute approximate surface area is 142 Å². The number of hydrogen-bond acceptors (Lipinski definition) is 3. The van der Waals surface area contributed by atoms with Crippen molar-refractivity contribution in [3.63, 3.8) is 0 Å². The van der Waals surface area contributed by atoms with E-state index in [2.05, 4.69) is 15.9 Å². The fourth-order valence-corrected chi connectivity index (χ4v) is 2.87. The second-order valence-corrected chi connectivity index (χ2v) is 5.84. The van der Waals surface area contributed by atoms with E-state index in [0.29, 0.717) is 34.2 Å². The van der Waals surface area contributed by atoms with E-state index in [1.165, 1.54) is 6.20 Å². The number of hydrogen-bond donors (Lipinski definition) is 1. The van der Waals surface area contributed by atoms with E-state index in [9.17, 15) is 10.3 Å². The lowest BCUT2D eigenvalue weighted by molar-refractivity contribution is -0.577. The van der Waals surface area contributed by atoms with Crippen LogP contribution < -0.4 is 9.47 Å². The van der Waals surface area contributed by atoms with Crippen molar-refractivity contribution in [2.45, 2.75) is 12.7 Å². The van der Waals surface area contributed by atoms with Gasteiger partial charge in [-0.1, -0.05) is 52.3 Å². The maximum absolute atomic E-state index is 12.2. The number of rotatable bonds is 5. The molecule has 0 fully saturated rings. The van der Waals surface area contributed by atoms with Crippen molar-refractivity contribution in [2.24, 2.45) is 0 Å². The van der Waals surface area contributed by atoms with Crippen molar-refractivity contribution in [3.8, 4) is 5.75 Å². The first-order chi connectivity index (χ1) is 11.2. The number of fused-ring (bicyclic) bond motifs is 1. The molecule has 0 aliphatic carbocycles. The Balaban J connectivity index is 2.01. The summed E-state index contributed by atoms with van der Waals surface area (Å²) < 4.78 is 6.62. The molecule has 1 N–H and O–H groups in total. The standard InChI is InChI=1S/C18H16BrNO3/c19-11-16(21)14-8-9-17(18-15(14)7-4-10-20(18)22)23-12-13-5-2-1-3-6-13/h1-10,16,21H,11-12H2/t16-/m0/s1. The molecule has 1 aromatic heterocycles. The van der Waals surface area contributed by atoms with E-state index in [0.717, 1.165) is 10.3 Å². The Kier molecular flexibility index (Phi) is 4.79. The SMILES string of the molecule is [O-][n+]1cccc2c([C@@H](O)CBr)ccc(OCc3ccccc3)c21. The topological polar surface area (TPSA) is 56.4 Å². The van der Waals surface area contributed by atoms with Gasteiger partial charge in [0.1, 0.15) is 6.61 Å². The van der Waals surface area contributed by atoms with Crippen LogP contribution >= 0.6 is 15.9 Å². The number of pyridine rings is 1. The van der Waals surface area contributed by atoms with E-state index in [1.807, 2.05) is 36.4 Å². The highest BCUT2D eigenvalue weighted by Crippen LogP contribution is 2.30. The van der Waals surface area contributed by atoms with Crippen LogP contribution in [0.1, 0.15) is 17.2 Å². The van der Waals surface area contributed by atoms with E-state index >= 15 is 0 Å². The van der Waals surface area contributed by atoms with E-state index in [1.54, 1.807) is 18.2 Å². The Morgan fingerprint density at radius 3 is 2.61 bits per heavy atom.